The number of nitrogens with zero attached hydrogens (tertiary/aromatic N) is 2. The summed E-state index contributed by atoms with van der Waals surface area (Å²) in [6.07, 6.45) is 3.46. The molecule has 0 unspecified atom stereocenters. The molecule has 0 spiro atoms. The van der Waals surface area contributed by atoms with E-state index in [9.17, 15) is 8.42 Å². The molecule has 0 aromatic carbocycles. The summed E-state index contributed by atoms with van der Waals surface area (Å²) in [6, 6.07) is 0. The summed E-state index contributed by atoms with van der Waals surface area (Å²) >= 11 is 2.28. The first-order chi connectivity index (χ1) is 8.01. The molecule has 0 bridgehead atoms. The van der Waals surface area contributed by atoms with Crippen molar-refractivity contribution in [2.24, 2.45) is 0 Å². The van der Waals surface area contributed by atoms with Crippen molar-refractivity contribution in [3.05, 3.63) is 12.0 Å². The topological polar surface area (TPSA) is 64.0 Å². The van der Waals surface area contributed by atoms with Gasteiger partial charge >= 0.3 is 0 Å². The van der Waals surface area contributed by atoms with Crippen molar-refractivity contribution in [3.63, 3.8) is 0 Å². The molecule has 7 heteroatoms. The molecule has 0 radical (unpaired) electrons. The van der Waals surface area contributed by atoms with Crippen LogP contribution in [0.25, 0.3) is 0 Å². The van der Waals surface area contributed by atoms with Crippen molar-refractivity contribution in [1.82, 2.24) is 14.3 Å². The van der Waals surface area contributed by atoms with Gasteiger partial charge < -0.3 is 4.57 Å². The zero-order valence-corrected chi connectivity index (χ0v) is 13.1. The van der Waals surface area contributed by atoms with Crippen LogP contribution < -0.4 is 4.72 Å². The summed E-state index contributed by atoms with van der Waals surface area (Å²) in [4.78, 5) is 4.06. The monoisotopic (exact) mass is 371 g/mol. The summed E-state index contributed by atoms with van der Waals surface area (Å²) in [6.45, 7) is 4.96. The Morgan fingerprint density at radius 1 is 1.47 bits per heavy atom. The molecule has 17 heavy (non-hydrogen) atoms. The van der Waals surface area contributed by atoms with Gasteiger partial charge in [-0.1, -0.05) is 22.6 Å². The van der Waals surface area contributed by atoms with Gasteiger partial charge in [-0.15, -0.1) is 0 Å². The first-order valence-corrected chi connectivity index (χ1v) is 8.61. The number of imidazole rings is 1. The Labute approximate surface area is 116 Å². The Balaban J connectivity index is 2.69. The standard InChI is InChI=1S/C10H18IN3O2S/c1-3-14-8-10(13-9(14)2)17(15,16)12-7-5-4-6-11/h8,12H,3-7H2,1-2H3. The summed E-state index contributed by atoms with van der Waals surface area (Å²) < 4.78 is 29.2. The van der Waals surface area contributed by atoms with Gasteiger partial charge in [0, 0.05) is 19.3 Å². The first-order valence-electron chi connectivity index (χ1n) is 5.60. The molecule has 1 heterocycles. The van der Waals surface area contributed by atoms with Gasteiger partial charge in [0.2, 0.25) is 0 Å². The van der Waals surface area contributed by atoms with E-state index >= 15 is 0 Å². The van der Waals surface area contributed by atoms with Gasteiger partial charge in [-0.05, 0) is 31.1 Å². The molecule has 1 aromatic heterocycles. The lowest BCUT2D eigenvalue weighted by Crippen LogP contribution is -2.25. The predicted molar refractivity (Wildman–Crippen MR) is 75.9 cm³/mol. The highest BCUT2D eigenvalue weighted by atomic mass is 127. The Kier molecular flexibility index (Phi) is 5.87. The zero-order valence-electron chi connectivity index (χ0n) is 10.1. The van der Waals surface area contributed by atoms with Crippen LogP contribution in [0.2, 0.25) is 0 Å². The molecule has 0 saturated carbocycles. The Bertz CT molecular complexity index is 456. The lowest BCUT2D eigenvalue weighted by atomic mass is 10.3. The van der Waals surface area contributed by atoms with Crippen LogP contribution in [0.3, 0.4) is 0 Å². The Morgan fingerprint density at radius 2 is 2.18 bits per heavy atom. The van der Waals surface area contributed by atoms with Gasteiger partial charge in [0.1, 0.15) is 5.82 Å². The molecule has 0 aliphatic rings. The number of halogens is 1. The van der Waals surface area contributed by atoms with E-state index in [2.05, 4.69) is 32.3 Å². The van der Waals surface area contributed by atoms with Crippen molar-refractivity contribution in [2.75, 3.05) is 11.0 Å². The van der Waals surface area contributed by atoms with Gasteiger partial charge in [-0.3, -0.25) is 0 Å². The highest BCUT2D eigenvalue weighted by Gasteiger charge is 2.17. The quantitative estimate of drug-likeness (QED) is 0.451. The molecule has 1 N–H and O–H groups in total. The summed E-state index contributed by atoms with van der Waals surface area (Å²) in [5, 5.41) is 0.117. The van der Waals surface area contributed by atoms with E-state index in [1.807, 2.05) is 11.5 Å². The van der Waals surface area contributed by atoms with Gasteiger partial charge in [0.25, 0.3) is 10.0 Å². The molecule has 0 fully saturated rings. The smallest absolute Gasteiger partial charge is 0.259 e. The van der Waals surface area contributed by atoms with Crippen molar-refractivity contribution in [1.29, 1.82) is 0 Å². The van der Waals surface area contributed by atoms with Gasteiger partial charge in [-0.25, -0.2) is 18.1 Å². The number of rotatable bonds is 7. The number of nitrogens with one attached hydrogen (secondary N) is 1. The number of aryl methyl sites for hydroxylation is 2. The third kappa shape index (κ3) is 4.22. The summed E-state index contributed by atoms with van der Waals surface area (Å²) in [5.74, 6) is 0.722. The van der Waals surface area contributed by atoms with Crippen LogP contribution in [0.4, 0.5) is 0 Å². The Morgan fingerprint density at radius 3 is 2.71 bits per heavy atom. The number of hydrogen-bond donors (Lipinski definition) is 1. The molecule has 0 amide bonds. The second kappa shape index (κ2) is 6.69. The maximum Gasteiger partial charge on any atom is 0.259 e. The molecule has 0 saturated heterocycles. The maximum absolute atomic E-state index is 11.9. The van der Waals surface area contributed by atoms with Gasteiger partial charge in [0.05, 0.1) is 0 Å². The molecule has 98 valence electrons. The first kappa shape index (κ1) is 14.9. The van der Waals surface area contributed by atoms with E-state index in [-0.39, 0.29) is 5.03 Å². The van der Waals surface area contributed by atoms with Crippen LogP contribution in [0.1, 0.15) is 25.6 Å². The van der Waals surface area contributed by atoms with Gasteiger partial charge in [-0.2, -0.15) is 0 Å². The van der Waals surface area contributed by atoms with Crippen LogP contribution >= 0.6 is 22.6 Å². The second-order valence-corrected chi connectivity index (χ2v) is 6.50. The van der Waals surface area contributed by atoms with Crippen LogP contribution in [-0.4, -0.2) is 28.9 Å². The van der Waals surface area contributed by atoms with Crippen molar-refractivity contribution < 1.29 is 8.42 Å². The number of alkyl halides is 1. The number of unbranched alkanes of at least 4 members (excludes halogenated alkanes) is 1. The molecule has 1 aromatic rings. The number of sulfonamides is 1. The van der Waals surface area contributed by atoms with Crippen molar-refractivity contribution >= 4 is 32.6 Å². The molecular weight excluding hydrogens is 353 g/mol. The second-order valence-electron chi connectivity index (χ2n) is 3.71. The minimum Gasteiger partial charge on any atom is -0.334 e. The third-order valence-corrected chi connectivity index (χ3v) is 4.52. The van der Waals surface area contributed by atoms with E-state index in [0.29, 0.717) is 6.54 Å². The molecule has 0 aliphatic carbocycles. The van der Waals surface area contributed by atoms with E-state index < -0.39 is 10.0 Å². The van der Waals surface area contributed by atoms with Crippen molar-refractivity contribution in [2.45, 2.75) is 38.3 Å². The molecule has 0 aliphatic heterocycles. The third-order valence-electron chi connectivity index (χ3n) is 2.42. The lowest BCUT2D eigenvalue weighted by Gasteiger charge is -2.02. The predicted octanol–water partition coefficient (Wildman–Crippen LogP) is 1.70. The number of aromatic nitrogens is 2. The zero-order chi connectivity index (χ0) is 12.9. The minimum atomic E-state index is -3.44. The minimum absolute atomic E-state index is 0.117. The summed E-state index contributed by atoms with van der Waals surface area (Å²) in [7, 11) is -3.44. The fraction of sp³-hybridized carbons (Fsp3) is 0.700. The molecule has 0 atom stereocenters. The average molecular weight is 371 g/mol. The summed E-state index contributed by atoms with van der Waals surface area (Å²) in [5.41, 5.74) is 0. The highest BCUT2D eigenvalue weighted by molar-refractivity contribution is 14.1. The maximum atomic E-state index is 11.9. The average Bonchev–Trinajstić information content (AvgIpc) is 2.67. The number of hydrogen-bond acceptors (Lipinski definition) is 3. The highest BCUT2D eigenvalue weighted by Crippen LogP contribution is 2.08. The largest absolute Gasteiger partial charge is 0.334 e. The SMILES string of the molecule is CCn1cc(S(=O)(=O)NCCCCI)nc1C. The normalized spacial score (nSPS) is 11.9. The molecule has 5 nitrogen and oxygen atoms in total. The van der Waals surface area contributed by atoms with E-state index in [4.69, 9.17) is 0 Å². The van der Waals surface area contributed by atoms with Crippen LogP contribution in [0.5, 0.6) is 0 Å². The Hall–Kier alpha value is -0.150. The lowest BCUT2D eigenvalue weighted by molar-refractivity contribution is 0.575. The van der Waals surface area contributed by atoms with Crippen LogP contribution in [0, 0.1) is 6.92 Å². The van der Waals surface area contributed by atoms with Crippen LogP contribution in [0.15, 0.2) is 11.2 Å². The molecule has 1 rings (SSSR count). The fourth-order valence-corrected chi connectivity index (χ4v) is 3.05. The van der Waals surface area contributed by atoms with Crippen LogP contribution in [-0.2, 0) is 16.6 Å². The van der Waals surface area contributed by atoms with E-state index in [1.165, 1.54) is 0 Å². The van der Waals surface area contributed by atoms with E-state index in [0.717, 1.165) is 29.6 Å². The van der Waals surface area contributed by atoms with Gasteiger partial charge in [0.15, 0.2) is 5.03 Å². The van der Waals surface area contributed by atoms with E-state index in [1.54, 1.807) is 13.1 Å². The molecular formula is C10H18IN3O2S. The fourth-order valence-electron chi connectivity index (χ4n) is 1.43. The van der Waals surface area contributed by atoms with Crippen molar-refractivity contribution in [3.8, 4) is 0 Å².